The summed E-state index contributed by atoms with van der Waals surface area (Å²) >= 11 is 4.61. The number of rotatable bonds is 7. The zero-order valence-electron chi connectivity index (χ0n) is 15.3. The van der Waals surface area contributed by atoms with Gasteiger partial charge in [-0.3, -0.25) is 0 Å². The van der Waals surface area contributed by atoms with Crippen molar-refractivity contribution >= 4 is 12.6 Å². The molecule has 2 saturated carbocycles. The lowest BCUT2D eigenvalue weighted by Gasteiger charge is -2.41. The molecule has 0 bridgehead atoms. The van der Waals surface area contributed by atoms with Crippen molar-refractivity contribution in [1.29, 1.82) is 0 Å². The van der Waals surface area contributed by atoms with Crippen LogP contribution in [0.4, 0.5) is 8.78 Å². The van der Waals surface area contributed by atoms with Crippen LogP contribution < -0.4 is 0 Å². The summed E-state index contributed by atoms with van der Waals surface area (Å²) in [6.07, 6.45) is 3.02. The number of hydrogen-bond acceptors (Lipinski definition) is 3. The molecule has 0 amide bonds. The molecule has 2 nitrogen and oxygen atoms in total. The van der Waals surface area contributed by atoms with Gasteiger partial charge in [-0.05, 0) is 43.9 Å². The van der Waals surface area contributed by atoms with E-state index in [0.29, 0.717) is 25.2 Å². The van der Waals surface area contributed by atoms with Crippen LogP contribution in [-0.4, -0.2) is 30.2 Å². The predicted molar refractivity (Wildman–Crippen MR) is 96.8 cm³/mol. The summed E-state index contributed by atoms with van der Waals surface area (Å²) in [5.41, 5.74) is 0. The van der Waals surface area contributed by atoms with E-state index in [4.69, 9.17) is 9.47 Å². The normalized spacial score (nSPS) is 38.2. The van der Waals surface area contributed by atoms with Crippen molar-refractivity contribution < 1.29 is 18.3 Å². The van der Waals surface area contributed by atoms with Gasteiger partial charge in [0, 0.05) is 11.9 Å². The molecule has 2 aliphatic carbocycles. The molecule has 0 aromatic carbocycles. The van der Waals surface area contributed by atoms with Crippen LogP contribution in [0.5, 0.6) is 0 Å². The molecule has 0 heterocycles. The molecule has 0 aliphatic heterocycles. The van der Waals surface area contributed by atoms with E-state index in [1.807, 2.05) is 6.92 Å². The van der Waals surface area contributed by atoms with Crippen molar-refractivity contribution in [3.05, 3.63) is 0 Å². The van der Waals surface area contributed by atoms with E-state index in [0.717, 1.165) is 38.7 Å². The molecule has 4 unspecified atom stereocenters. The second-order valence-corrected chi connectivity index (χ2v) is 8.46. The molecule has 24 heavy (non-hydrogen) atoms. The van der Waals surface area contributed by atoms with Gasteiger partial charge in [-0.15, -0.1) is 0 Å². The van der Waals surface area contributed by atoms with Gasteiger partial charge < -0.3 is 9.47 Å². The third-order valence-corrected chi connectivity index (χ3v) is 6.67. The van der Waals surface area contributed by atoms with E-state index in [1.54, 1.807) is 0 Å². The first-order chi connectivity index (χ1) is 11.3. The first-order valence-corrected chi connectivity index (χ1v) is 10.2. The number of alkyl halides is 2. The lowest BCUT2D eigenvalue weighted by atomic mass is 9.82. The Morgan fingerprint density at radius 1 is 1.00 bits per heavy atom. The van der Waals surface area contributed by atoms with Crippen LogP contribution in [0.15, 0.2) is 0 Å². The van der Waals surface area contributed by atoms with Crippen molar-refractivity contribution in [3.8, 4) is 0 Å². The van der Waals surface area contributed by atoms with E-state index in [1.165, 1.54) is 0 Å². The minimum atomic E-state index is -3.03. The highest BCUT2D eigenvalue weighted by Crippen LogP contribution is 2.43. The van der Waals surface area contributed by atoms with Gasteiger partial charge in [-0.2, -0.15) is 21.4 Å². The topological polar surface area (TPSA) is 18.5 Å². The Morgan fingerprint density at radius 3 is 2.25 bits per heavy atom. The SMILES string of the molecule is CCCCOC1CCC(OC(F)(F)C2CCC(C)CC2)C(S)C1C. The fraction of sp³-hybridized carbons (Fsp3) is 1.00. The fourth-order valence-electron chi connectivity index (χ4n) is 3.96. The molecule has 5 heteroatoms. The van der Waals surface area contributed by atoms with E-state index >= 15 is 0 Å². The van der Waals surface area contributed by atoms with Crippen LogP contribution in [-0.2, 0) is 9.47 Å². The van der Waals surface area contributed by atoms with Crippen LogP contribution in [0.2, 0.25) is 0 Å². The molecule has 0 N–H and O–H groups in total. The van der Waals surface area contributed by atoms with Gasteiger partial charge in [0.15, 0.2) is 0 Å². The van der Waals surface area contributed by atoms with Crippen LogP contribution >= 0.6 is 12.6 Å². The Kier molecular flexibility index (Phi) is 7.82. The smallest absolute Gasteiger partial charge is 0.358 e. The highest BCUT2D eigenvalue weighted by Gasteiger charge is 2.47. The van der Waals surface area contributed by atoms with Crippen LogP contribution in [0.3, 0.4) is 0 Å². The second-order valence-electron chi connectivity index (χ2n) is 7.86. The summed E-state index contributed by atoms with van der Waals surface area (Å²) in [6, 6.07) is 0. The molecule has 2 fully saturated rings. The minimum Gasteiger partial charge on any atom is -0.378 e. The van der Waals surface area contributed by atoms with Gasteiger partial charge in [-0.1, -0.05) is 40.0 Å². The predicted octanol–water partition coefficient (Wildman–Crippen LogP) is 5.70. The molecule has 142 valence electrons. The molecule has 4 atom stereocenters. The fourth-order valence-corrected chi connectivity index (χ4v) is 4.36. The first-order valence-electron chi connectivity index (χ1n) is 9.70. The largest absolute Gasteiger partial charge is 0.378 e. The highest BCUT2D eigenvalue weighted by molar-refractivity contribution is 7.81. The van der Waals surface area contributed by atoms with E-state index in [2.05, 4.69) is 26.5 Å². The maximum Gasteiger partial charge on any atom is 0.358 e. The third kappa shape index (κ3) is 5.31. The van der Waals surface area contributed by atoms with E-state index in [9.17, 15) is 8.78 Å². The average molecular weight is 365 g/mol. The molecule has 0 spiro atoms. The number of halogens is 2. The lowest BCUT2D eigenvalue weighted by molar-refractivity contribution is -0.303. The van der Waals surface area contributed by atoms with E-state index < -0.39 is 18.1 Å². The van der Waals surface area contributed by atoms with E-state index in [-0.39, 0.29) is 17.3 Å². The standard InChI is InChI=1S/C19H34F2O2S/c1-4-5-12-22-16-10-11-17(18(24)14(16)3)23-19(20,21)15-8-6-13(2)7-9-15/h13-18,24H,4-12H2,1-3H3. The summed E-state index contributed by atoms with van der Waals surface area (Å²) in [5, 5.41) is -0.196. The number of ether oxygens (including phenoxy) is 2. The van der Waals surface area contributed by atoms with Gasteiger partial charge in [0.25, 0.3) is 0 Å². The quantitative estimate of drug-likeness (QED) is 0.461. The average Bonchev–Trinajstić information content (AvgIpc) is 2.54. The van der Waals surface area contributed by atoms with Crippen molar-refractivity contribution in [2.45, 2.75) is 95.7 Å². The Morgan fingerprint density at radius 2 is 1.62 bits per heavy atom. The Labute approximate surface area is 151 Å². The minimum absolute atomic E-state index is 0.114. The Bertz CT molecular complexity index is 372. The number of hydrogen-bond donors (Lipinski definition) is 1. The van der Waals surface area contributed by atoms with Gasteiger partial charge in [0.2, 0.25) is 0 Å². The molecule has 0 saturated heterocycles. The maximum absolute atomic E-state index is 14.6. The van der Waals surface area contributed by atoms with Crippen molar-refractivity contribution in [2.75, 3.05) is 6.61 Å². The van der Waals surface area contributed by atoms with Crippen LogP contribution in [0, 0.1) is 17.8 Å². The number of unbranched alkanes of at least 4 members (excludes halogenated alkanes) is 1. The number of thiol groups is 1. The summed E-state index contributed by atoms with van der Waals surface area (Å²) in [7, 11) is 0. The van der Waals surface area contributed by atoms with Crippen molar-refractivity contribution in [3.63, 3.8) is 0 Å². The molecule has 0 aromatic rings. The van der Waals surface area contributed by atoms with Crippen LogP contribution in [0.1, 0.15) is 72.1 Å². The first kappa shape index (κ1) is 20.4. The zero-order chi connectivity index (χ0) is 17.7. The lowest BCUT2D eigenvalue weighted by Crippen LogP contribution is -2.47. The monoisotopic (exact) mass is 364 g/mol. The van der Waals surface area contributed by atoms with Crippen molar-refractivity contribution in [2.24, 2.45) is 17.8 Å². The Balaban J connectivity index is 1.86. The van der Waals surface area contributed by atoms with Gasteiger partial charge in [-0.25, -0.2) is 0 Å². The van der Waals surface area contributed by atoms with Gasteiger partial charge in [0.05, 0.1) is 18.1 Å². The molecule has 0 aromatic heterocycles. The molecule has 0 radical (unpaired) electrons. The molecular formula is C19H34F2O2S. The summed E-state index contributed by atoms with van der Waals surface area (Å²) in [5.74, 6) is 0.0552. The van der Waals surface area contributed by atoms with Crippen molar-refractivity contribution in [1.82, 2.24) is 0 Å². The van der Waals surface area contributed by atoms with Gasteiger partial charge in [0.1, 0.15) is 0 Å². The molecule has 2 aliphatic rings. The highest BCUT2D eigenvalue weighted by atomic mass is 32.1. The molecular weight excluding hydrogens is 330 g/mol. The van der Waals surface area contributed by atoms with Gasteiger partial charge >= 0.3 is 6.11 Å². The second kappa shape index (κ2) is 9.18. The van der Waals surface area contributed by atoms with Crippen LogP contribution in [0.25, 0.3) is 0 Å². The summed E-state index contributed by atoms with van der Waals surface area (Å²) in [6.45, 7) is 7.06. The Hall–Kier alpha value is 0.130. The molecule has 2 rings (SSSR count). The maximum atomic E-state index is 14.6. The summed E-state index contributed by atoms with van der Waals surface area (Å²) in [4.78, 5) is 0. The third-order valence-electron chi connectivity index (χ3n) is 5.87. The summed E-state index contributed by atoms with van der Waals surface area (Å²) < 4.78 is 40.4. The zero-order valence-corrected chi connectivity index (χ0v) is 16.2.